The van der Waals surface area contributed by atoms with E-state index in [1.54, 1.807) is 29.2 Å². The number of carbonyl (C=O) groups is 1. The smallest absolute Gasteiger partial charge is 0.322 e. The van der Waals surface area contributed by atoms with Crippen molar-refractivity contribution in [2.24, 2.45) is 0 Å². The Morgan fingerprint density at radius 3 is 2.67 bits per heavy atom. The molecule has 2 amide bonds. The van der Waals surface area contributed by atoms with E-state index in [1.165, 1.54) is 19.2 Å². The van der Waals surface area contributed by atoms with E-state index < -0.39 is 5.82 Å². The van der Waals surface area contributed by atoms with Crippen LogP contribution in [-0.2, 0) is 0 Å². The van der Waals surface area contributed by atoms with Gasteiger partial charge in [-0.05, 0) is 43.7 Å². The molecule has 2 aromatic carbocycles. The number of halogens is 1. The van der Waals surface area contributed by atoms with Crippen LogP contribution in [0.5, 0.6) is 11.5 Å². The van der Waals surface area contributed by atoms with Gasteiger partial charge in [-0.1, -0.05) is 12.1 Å². The Hall–Kier alpha value is -2.76. The van der Waals surface area contributed by atoms with Gasteiger partial charge in [-0.3, -0.25) is 0 Å². The number of nitrogens with zero attached hydrogens (tertiary/aromatic N) is 1. The first-order valence-electron chi connectivity index (χ1n) is 7.66. The molecule has 0 saturated heterocycles. The Labute approximate surface area is 140 Å². The zero-order chi connectivity index (χ0) is 17.7. The first-order valence-corrected chi connectivity index (χ1v) is 7.66. The third kappa shape index (κ3) is 3.95. The van der Waals surface area contributed by atoms with Crippen molar-refractivity contribution in [2.75, 3.05) is 19.0 Å². The molecule has 0 aromatic heterocycles. The number of carbonyl (C=O) groups excluding carboxylic acids is 1. The number of methoxy groups -OCH3 is 1. The predicted molar refractivity (Wildman–Crippen MR) is 90.9 cm³/mol. The topological polar surface area (TPSA) is 61.8 Å². The quantitative estimate of drug-likeness (QED) is 0.864. The summed E-state index contributed by atoms with van der Waals surface area (Å²) in [6, 6.07) is 10.4. The summed E-state index contributed by atoms with van der Waals surface area (Å²) < 4.78 is 18.6. The summed E-state index contributed by atoms with van der Waals surface area (Å²) in [5.74, 6) is -0.277. The Kier molecular flexibility index (Phi) is 5.63. The van der Waals surface area contributed by atoms with Crippen LogP contribution in [0.3, 0.4) is 0 Å². The minimum atomic E-state index is -0.542. The van der Waals surface area contributed by atoms with E-state index in [0.29, 0.717) is 12.2 Å². The summed E-state index contributed by atoms with van der Waals surface area (Å²) in [4.78, 5) is 14.1. The van der Waals surface area contributed by atoms with Crippen molar-refractivity contribution in [3.63, 3.8) is 0 Å². The van der Waals surface area contributed by atoms with Gasteiger partial charge in [-0.25, -0.2) is 9.18 Å². The summed E-state index contributed by atoms with van der Waals surface area (Å²) in [6.07, 6.45) is 0. The molecule has 0 radical (unpaired) electrons. The summed E-state index contributed by atoms with van der Waals surface area (Å²) >= 11 is 0. The fourth-order valence-corrected chi connectivity index (χ4v) is 2.50. The van der Waals surface area contributed by atoms with Crippen LogP contribution in [0.25, 0.3) is 0 Å². The number of phenols is 1. The Balaban J connectivity index is 2.15. The summed E-state index contributed by atoms with van der Waals surface area (Å²) in [6.45, 7) is 4.18. The van der Waals surface area contributed by atoms with Gasteiger partial charge < -0.3 is 20.1 Å². The van der Waals surface area contributed by atoms with E-state index in [2.05, 4.69) is 5.32 Å². The number of rotatable bonds is 5. The van der Waals surface area contributed by atoms with Crippen LogP contribution >= 0.6 is 0 Å². The minimum absolute atomic E-state index is 0.119. The summed E-state index contributed by atoms with van der Waals surface area (Å²) in [5.41, 5.74) is 1.16. The Morgan fingerprint density at radius 1 is 1.33 bits per heavy atom. The molecule has 0 spiro atoms. The molecule has 0 heterocycles. The van der Waals surface area contributed by atoms with Crippen molar-refractivity contribution in [3.8, 4) is 11.5 Å². The van der Waals surface area contributed by atoms with E-state index in [9.17, 15) is 14.3 Å². The average Bonchev–Trinajstić information content (AvgIpc) is 2.55. The summed E-state index contributed by atoms with van der Waals surface area (Å²) in [7, 11) is 1.38. The van der Waals surface area contributed by atoms with Gasteiger partial charge in [-0.15, -0.1) is 0 Å². The highest BCUT2D eigenvalue weighted by molar-refractivity contribution is 5.89. The van der Waals surface area contributed by atoms with Crippen LogP contribution in [0.4, 0.5) is 14.9 Å². The predicted octanol–water partition coefficient (Wildman–Crippen LogP) is 4.15. The van der Waals surface area contributed by atoms with Crippen LogP contribution < -0.4 is 10.1 Å². The van der Waals surface area contributed by atoms with Crippen molar-refractivity contribution in [1.82, 2.24) is 4.90 Å². The molecule has 0 fully saturated rings. The number of benzene rings is 2. The van der Waals surface area contributed by atoms with Crippen molar-refractivity contribution >= 4 is 11.7 Å². The van der Waals surface area contributed by atoms with Gasteiger partial charge in [0.05, 0.1) is 13.2 Å². The second kappa shape index (κ2) is 7.68. The molecular formula is C18H21FN2O3. The molecule has 6 heteroatoms. The van der Waals surface area contributed by atoms with E-state index in [4.69, 9.17) is 4.74 Å². The first kappa shape index (κ1) is 17.6. The first-order chi connectivity index (χ1) is 11.5. The number of nitrogens with one attached hydrogen (secondary N) is 1. The number of ether oxygens (including phenoxy) is 1. The second-order valence-corrected chi connectivity index (χ2v) is 5.34. The molecule has 0 aliphatic carbocycles. The third-order valence-electron chi connectivity index (χ3n) is 3.82. The number of aromatic hydroxyl groups is 1. The van der Waals surface area contributed by atoms with Crippen LogP contribution in [-0.4, -0.2) is 29.7 Å². The van der Waals surface area contributed by atoms with E-state index in [1.807, 2.05) is 19.9 Å². The maximum Gasteiger partial charge on any atom is 0.322 e. The zero-order valence-corrected chi connectivity index (χ0v) is 13.9. The molecule has 5 nitrogen and oxygen atoms in total. The summed E-state index contributed by atoms with van der Waals surface area (Å²) in [5, 5.41) is 12.3. The molecule has 0 bridgehead atoms. The minimum Gasteiger partial charge on any atom is -0.508 e. The Bertz CT molecular complexity index is 721. The molecule has 0 saturated carbocycles. The number of anilines is 1. The molecule has 2 rings (SSSR count). The van der Waals surface area contributed by atoms with E-state index in [0.717, 1.165) is 5.56 Å². The standard InChI is InChI=1S/C18H21FN2O3/c1-4-21(12(2)13-6-5-7-15(22)10-13)18(23)20-14-8-9-17(24-3)16(19)11-14/h5-12,22H,4H2,1-3H3,(H,20,23)/t12-/m1/s1. The molecule has 0 aliphatic heterocycles. The average molecular weight is 332 g/mol. The number of amides is 2. The normalized spacial score (nSPS) is 11.7. The van der Waals surface area contributed by atoms with Gasteiger partial charge in [0.15, 0.2) is 11.6 Å². The second-order valence-electron chi connectivity index (χ2n) is 5.34. The molecule has 2 aromatic rings. The fourth-order valence-electron chi connectivity index (χ4n) is 2.50. The fraction of sp³-hybridized carbons (Fsp3) is 0.278. The lowest BCUT2D eigenvalue weighted by atomic mass is 10.1. The molecule has 0 unspecified atom stereocenters. The van der Waals surface area contributed by atoms with Crippen molar-refractivity contribution < 1.29 is 19.0 Å². The van der Waals surface area contributed by atoms with Crippen LogP contribution in [0.2, 0.25) is 0 Å². The molecule has 0 aliphatic rings. The lowest BCUT2D eigenvalue weighted by Gasteiger charge is -2.28. The van der Waals surface area contributed by atoms with Crippen LogP contribution in [0.1, 0.15) is 25.5 Å². The van der Waals surface area contributed by atoms with Crippen LogP contribution in [0.15, 0.2) is 42.5 Å². The maximum atomic E-state index is 13.7. The number of urea groups is 1. The molecule has 2 N–H and O–H groups in total. The number of hydrogen-bond donors (Lipinski definition) is 2. The van der Waals surface area contributed by atoms with Crippen LogP contribution in [0, 0.1) is 5.82 Å². The SMILES string of the molecule is CCN(C(=O)Nc1ccc(OC)c(F)c1)[C@H](C)c1cccc(O)c1. The molecule has 128 valence electrons. The van der Waals surface area contributed by atoms with Gasteiger partial charge in [0.1, 0.15) is 5.75 Å². The lowest BCUT2D eigenvalue weighted by Crippen LogP contribution is -2.36. The largest absolute Gasteiger partial charge is 0.508 e. The van der Waals surface area contributed by atoms with E-state index >= 15 is 0 Å². The van der Waals surface area contributed by atoms with E-state index in [-0.39, 0.29) is 23.6 Å². The van der Waals surface area contributed by atoms with Crippen molar-refractivity contribution in [3.05, 3.63) is 53.8 Å². The Morgan fingerprint density at radius 2 is 2.08 bits per heavy atom. The highest BCUT2D eigenvalue weighted by Crippen LogP contribution is 2.25. The van der Waals surface area contributed by atoms with Gasteiger partial charge in [0.2, 0.25) is 0 Å². The number of hydrogen-bond acceptors (Lipinski definition) is 3. The van der Waals surface area contributed by atoms with Crippen molar-refractivity contribution in [1.29, 1.82) is 0 Å². The third-order valence-corrected chi connectivity index (χ3v) is 3.82. The molecular weight excluding hydrogens is 311 g/mol. The zero-order valence-electron chi connectivity index (χ0n) is 13.9. The van der Waals surface area contributed by atoms with Crippen molar-refractivity contribution in [2.45, 2.75) is 19.9 Å². The van der Waals surface area contributed by atoms with Gasteiger partial charge in [0.25, 0.3) is 0 Å². The highest BCUT2D eigenvalue weighted by Gasteiger charge is 2.20. The molecule has 1 atom stereocenters. The number of phenolic OH excluding ortho intramolecular Hbond substituents is 1. The lowest BCUT2D eigenvalue weighted by molar-refractivity contribution is 0.197. The van der Waals surface area contributed by atoms with Gasteiger partial charge in [-0.2, -0.15) is 0 Å². The monoisotopic (exact) mass is 332 g/mol. The maximum absolute atomic E-state index is 13.7. The van der Waals surface area contributed by atoms with Gasteiger partial charge >= 0.3 is 6.03 Å². The molecule has 24 heavy (non-hydrogen) atoms. The highest BCUT2D eigenvalue weighted by atomic mass is 19.1. The van der Waals surface area contributed by atoms with Gasteiger partial charge in [0, 0.05) is 18.3 Å².